The van der Waals surface area contributed by atoms with Crippen molar-refractivity contribution in [3.63, 3.8) is 0 Å². The Bertz CT molecular complexity index is 1770. The smallest absolute Gasteiger partial charge is 0.226 e. The first-order chi connectivity index (χ1) is 18.0. The fraction of sp³-hybridized carbons (Fsp3) is 0.111. The summed E-state index contributed by atoms with van der Waals surface area (Å²) in [7, 11) is 0. The van der Waals surface area contributed by atoms with Crippen LogP contribution in [0.2, 0.25) is 0 Å². The molecule has 0 spiro atoms. The fourth-order valence-electron chi connectivity index (χ4n) is 4.05. The lowest BCUT2D eigenvalue weighted by Gasteiger charge is -2.08. The lowest BCUT2D eigenvalue weighted by molar-refractivity contribution is -0.118. The summed E-state index contributed by atoms with van der Waals surface area (Å²) in [4.78, 5) is 33.6. The van der Waals surface area contributed by atoms with Gasteiger partial charge in [-0.05, 0) is 35.9 Å². The van der Waals surface area contributed by atoms with Crippen LogP contribution in [0.15, 0.2) is 67.3 Å². The van der Waals surface area contributed by atoms with Crippen LogP contribution in [0, 0.1) is 11.7 Å². The van der Waals surface area contributed by atoms with E-state index in [0.717, 1.165) is 27.7 Å². The summed E-state index contributed by atoms with van der Waals surface area (Å²) < 4.78 is 13.4. The third-order valence-corrected chi connectivity index (χ3v) is 6.01. The van der Waals surface area contributed by atoms with E-state index < -0.39 is 0 Å². The van der Waals surface area contributed by atoms with E-state index in [1.165, 1.54) is 12.1 Å². The van der Waals surface area contributed by atoms with Crippen LogP contribution < -0.4 is 5.32 Å². The molecular weight excluding hydrogens is 471 g/mol. The van der Waals surface area contributed by atoms with Gasteiger partial charge in [0, 0.05) is 29.4 Å². The number of fused-ring (bicyclic) bond motifs is 2. The van der Waals surface area contributed by atoms with Crippen molar-refractivity contribution >= 4 is 33.7 Å². The molecule has 0 atom stereocenters. The average Bonchev–Trinajstić information content (AvgIpc) is 3.53. The molecule has 0 saturated carbocycles. The zero-order chi connectivity index (χ0) is 25.5. The number of nitrogens with zero attached hydrogens (tertiary/aromatic N) is 5. The van der Waals surface area contributed by atoms with Gasteiger partial charge in [-0.1, -0.05) is 26.0 Å². The Morgan fingerprint density at radius 1 is 0.892 bits per heavy atom. The molecule has 0 aliphatic rings. The van der Waals surface area contributed by atoms with Gasteiger partial charge in [-0.25, -0.2) is 14.4 Å². The third-order valence-electron chi connectivity index (χ3n) is 6.01. The zero-order valence-corrected chi connectivity index (χ0v) is 20.0. The highest BCUT2D eigenvalue weighted by Gasteiger charge is 2.17. The zero-order valence-electron chi connectivity index (χ0n) is 20.0. The highest BCUT2D eigenvalue weighted by molar-refractivity contribution is 5.96. The normalized spacial score (nSPS) is 11.5. The molecule has 6 aromatic rings. The quantitative estimate of drug-likeness (QED) is 0.298. The summed E-state index contributed by atoms with van der Waals surface area (Å²) in [5.74, 6) is -0.00841. The molecule has 1 aromatic carbocycles. The minimum absolute atomic E-state index is 0.0844. The van der Waals surface area contributed by atoms with Gasteiger partial charge in [0.1, 0.15) is 11.3 Å². The predicted molar refractivity (Wildman–Crippen MR) is 139 cm³/mol. The third kappa shape index (κ3) is 4.18. The standard InChI is InChI=1S/C27H21FN8O/c1-14(2)27(37)31-18-9-16(10-29-11-18)20-7-8-21-24(32-20)25(36-35-21)26-33-22-13-30-12-19(23(22)34-26)15-3-5-17(28)6-4-15/h3-14H,1-2H3,(H,31,37)(H,33,34)(H,35,36). The van der Waals surface area contributed by atoms with Crippen LogP contribution >= 0.6 is 0 Å². The molecule has 37 heavy (non-hydrogen) atoms. The Kier molecular flexibility index (Phi) is 5.41. The van der Waals surface area contributed by atoms with Gasteiger partial charge in [0.15, 0.2) is 11.5 Å². The van der Waals surface area contributed by atoms with Crippen molar-refractivity contribution in [2.45, 2.75) is 13.8 Å². The molecule has 0 bridgehead atoms. The molecule has 3 N–H and O–H groups in total. The number of anilines is 1. The number of amides is 1. The first kappa shape index (κ1) is 22.5. The van der Waals surface area contributed by atoms with Crippen LogP contribution in [0.25, 0.3) is 56.0 Å². The highest BCUT2D eigenvalue weighted by Crippen LogP contribution is 2.31. The van der Waals surface area contributed by atoms with E-state index in [1.54, 1.807) is 36.9 Å². The maximum atomic E-state index is 13.4. The number of nitrogens with one attached hydrogen (secondary N) is 3. The van der Waals surface area contributed by atoms with Gasteiger partial charge in [0.05, 0.1) is 40.3 Å². The van der Waals surface area contributed by atoms with Crippen LogP contribution in [0.1, 0.15) is 13.8 Å². The van der Waals surface area contributed by atoms with Gasteiger partial charge in [-0.2, -0.15) is 5.10 Å². The molecule has 0 radical (unpaired) electrons. The van der Waals surface area contributed by atoms with E-state index in [4.69, 9.17) is 9.97 Å². The number of carbonyl (C=O) groups is 1. The van der Waals surface area contributed by atoms with Gasteiger partial charge in [0.2, 0.25) is 5.91 Å². The van der Waals surface area contributed by atoms with Gasteiger partial charge >= 0.3 is 0 Å². The number of hydrogen-bond donors (Lipinski definition) is 3. The molecule has 182 valence electrons. The highest BCUT2D eigenvalue weighted by atomic mass is 19.1. The molecule has 5 aromatic heterocycles. The van der Waals surface area contributed by atoms with E-state index in [0.29, 0.717) is 33.9 Å². The van der Waals surface area contributed by atoms with Crippen molar-refractivity contribution in [1.29, 1.82) is 0 Å². The number of pyridine rings is 3. The van der Waals surface area contributed by atoms with E-state index in [1.807, 2.05) is 32.0 Å². The summed E-state index contributed by atoms with van der Waals surface area (Å²) in [5.41, 5.74) is 6.96. The van der Waals surface area contributed by atoms with Crippen molar-refractivity contribution in [3.8, 4) is 33.9 Å². The van der Waals surface area contributed by atoms with E-state index in [9.17, 15) is 9.18 Å². The van der Waals surface area contributed by atoms with E-state index in [-0.39, 0.29) is 17.6 Å². The van der Waals surface area contributed by atoms with Gasteiger partial charge in [-0.15, -0.1) is 0 Å². The maximum Gasteiger partial charge on any atom is 0.226 e. The molecule has 0 aliphatic carbocycles. The Morgan fingerprint density at radius 3 is 2.51 bits per heavy atom. The van der Waals surface area contributed by atoms with Gasteiger partial charge < -0.3 is 10.3 Å². The lowest BCUT2D eigenvalue weighted by Crippen LogP contribution is -2.17. The molecule has 0 fully saturated rings. The lowest BCUT2D eigenvalue weighted by atomic mass is 10.1. The number of benzene rings is 1. The Balaban J connectivity index is 1.41. The molecule has 6 rings (SSSR count). The number of halogens is 1. The Hall–Kier alpha value is -4.99. The Labute approximate surface area is 210 Å². The van der Waals surface area contributed by atoms with Crippen LogP contribution in [0.5, 0.6) is 0 Å². The number of aromatic amines is 2. The van der Waals surface area contributed by atoms with Crippen molar-refractivity contribution < 1.29 is 9.18 Å². The van der Waals surface area contributed by atoms with Crippen LogP contribution in [0.4, 0.5) is 10.1 Å². The summed E-state index contributed by atoms with van der Waals surface area (Å²) in [6.45, 7) is 3.67. The second kappa shape index (κ2) is 8.90. The number of aromatic nitrogens is 7. The number of rotatable bonds is 5. The summed E-state index contributed by atoms with van der Waals surface area (Å²) in [6, 6.07) is 11.8. The minimum atomic E-state index is -0.306. The summed E-state index contributed by atoms with van der Waals surface area (Å²) >= 11 is 0. The van der Waals surface area contributed by atoms with Crippen LogP contribution in [-0.2, 0) is 4.79 Å². The average molecular weight is 493 g/mol. The topological polar surface area (TPSA) is 125 Å². The summed E-state index contributed by atoms with van der Waals surface area (Å²) in [5, 5.41) is 10.3. The fourth-order valence-corrected chi connectivity index (χ4v) is 4.05. The first-order valence-corrected chi connectivity index (χ1v) is 11.7. The number of carbonyl (C=O) groups excluding carboxylic acids is 1. The molecule has 1 amide bonds. The van der Waals surface area contributed by atoms with Crippen molar-refractivity contribution in [2.75, 3.05) is 5.32 Å². The van der Waals surface area contributed by atoms with E-state index in [2.05, 4.69) is 30.5 Å². The molecule has 5 heterocycles. The second-order valence-corrected chi connectivity index (χ2v) is 8.95. The SMILES string of the molecule is CC(C)C(=O)Nc1cncc(-c2ccc3[nH]nc(-c4nc5c(-c6ccc(F)cc6)cncc5[nH]4)c3n2)c1. The molecular formula is C27H21FN8O. The van der Waals surface area contributed by atoms with Gasteiger partial charge in [-0.3, -0.25) is 19.9 Å². The molecule has 0 unspecified atom stereocenters. The second-order valence-electron chi connectivity index (χ2n) is 8.95. The van der Waals surface area contributed by atoms with E-state index >= 15 is 0 Å². The first-order valence-electron chi connectivity index (χ1n) is 11.7. The monoisotopic (exact) mass is 492 g/mol. The molecule has 0 saturated heterocycles. The van der Waals surface area contributed by atoms with Crippen molar-refractivity contribution in [1.82, 2.24) is 35.1 Å². The van der Waals surface area contributed by atoms with Gasteiger partial charge in [0.25, 0.3) is 0 Å². The van der Waals surface area contributed by atoms with Crippen LogP contribution in [0.3, 0.4) is 0 Å². The number of imidazole rings is 1. The minimum Gasteiger partial charge on any atom is -0.335 e. The van der Waals surface area contributed by atoms with Crippen LogP contribution in [-0.4, -0.2) is 41.0 Å². The largest absolute Gasteiger partial charge is 0.335 e. The van der Waals surface area contributed by atoms with Crippen molar-refractivity contribution in [2.24, 2.45) is 5.92 Å². The Morgan fingerprint density at radius 2 is 1.70 bits per heavy atom. The molecule has 10 heteroatoms. The molecule has 0 aliphatic heterocycles. The number of H-pyrrole nitrogens is 2. The number of hydrogen-bond acceptors (Lipinski definition) is 6. The molecule has 9 nitrogen and oxygen atoms in total. The maximum absolute atomic E-state index is 13.4. The summed E-state index contributed by atoms with van der Waals surface area (Å²) in [6.07, 6.45) is 6.69. The van der Waals surface area contributed by atoms with Crippen molar-refractivity contribution in [3.05, 3.63) is 73.1 Å². The predicted octanol–water partition coefficient (Wildman–Crippen LogP) is 5.36.